The minimum atomic E-state index is 0.227. The minimum Gasteiger partial charge on any atom is -0.378 e. The summed E-state index contributed by atoms with van der Waals surface area (Å²) in [5, 5.41) is 3.84. The Morgan fingerprint density at radius 3 is 2.75 bits per heavy atom. The summed E-state index contributed by atoms with van der Waals surface area (Å²) in [5.74, 6) is 0.727. The van der Waals surface area contributed by atoms with Crippen LogP contribution in [0.5, 0.6) is 0 Å². The lowest BCUT2D eigenvalue weighted by Gasteiger charge is -2.44. The Morgan fingerprint density at radius 1 is 1.10 bits per heavy atom. The molecule has 2 saturated heterocycles. The third kappa shape index (κ3) is 3.37. The summed E-state index contributed by atoms with van der Waals surface area (Å²) >= 11 is 0. The monoisotopic (exact) mass is 281 g/mol. The second-order valence-corrected chi connectivity index (χ2v) is 7.06. The summed E-state index contributed by atoms with van der Waals surface area (Å²) in [4.78, 5) is 0. The lowest BCUT2D eigenvalue weighted by Crippen LogP contribution is -2.49. The number of rotatable bonds is 4. The molecule has 2 aliphatic heterocycles. The zero-order chi connectivity index (χ0) is 13.8. The molecule has 3 atom stereocenters. The molecule has 3 nitrogen and oxygen atoms in total. The van der Waals surface area contributed by atoms with Gasteiger partial charge in [0.1, 0.15) is 0 Å². The number of hydrogen-bond acceptors (Lipinski definition) is 3. The van der Waals surface area contributed by atoms with Gasteiger partial charge in [-0.15, -0.1) is 0 Å². The van der Waals surface area contributed by atoms with Crippen LogP contribution in [0.25, 0.3) is 0 Å². The molecule has 2 heterocycles. The Hall–Kier alpha value is -0.120. The predicted octanol–water partition coefficient (Wildman–Crippen LogP) is 3.27. The van der Waals surface area contributed by atoms with Crippen molar-refractivity contribution in [1.82, 2.24) is 5.32 Å². The summed E-state index contributed by atoms with van der Waals surface area (Å²) in [6.45, 7) is 5.30. The van der Waals surface area contributed by atoms with Gasteiger partial charge in [0.25, 0.3) is 0 Å². The van der Waals surface area contributed by atoms with Crippen molar-refractivity contribution < 1.29 is 9.47 Å². The summed E-state index contributed by atoms with van der Waals surface area (Å²) in [6.07, 6.45) is 12.0. The largest absolute Gasteiger partial charge is 0.378 e. The molecule has 1 N–H and O–H groups in total. The van der Waals surface area contributed by atoms with E-state index in [4.69, 9.17) is 9.47 Å². The number of hydrogen-bond donors (Lipinski definition) is 1. The highest BCUT2D eigenvalue weighted by Crippen LogP contribution is 2.38. The van der Waals surface area contributed by atoms with E-state index in [-0.39, 0.29) is 5.60 Å². The first-order chi connectivity index (χ1) is 9.81. The van der Waals surface area contributed by atoms with Gasteiger partial charge in [-0.25, -0.2) is 0 Å². The first-order valence-corrected chi connectivity index (χ1v) is 8.80. The molecule has 0 amide bonds. The van der Waals surface area contributed by atoms with E-state index in [9.17, 15) is 0 Å². The lowest BCUT2D eigenvalue weighted by atomic mass is 9.78. The van der Waals surface area contributed by atoms with Crippen LogP contribution in [-0.4, -0.2) is 37.5 Å². The van der Waals surface area contributed by atoms with Gasteiger partial charge in [0, 0.05) is 25.8 Å². The molecule has 3 heteroatoms. The van der Waals surface area contributed by atoms with E-state index in [1.54, 1.807) is 0 Å². The summed E-state index contributed by atoms with van der Waals surface area (Å²) in [5.41, 5.74) is 0.227. The van der Waals surface area contributed by atoms with Gasteiger partial charge in [-0.2, -0.15) is 0 Å². The van der Waals surface area contributed by atoms with Crippen LogP contribution in [0.15, 0.2) is 0 Å². The highest BCUT2D eigenvalue weighted by molar-refractivity contribution is 4.92. The van der Waals surface area contributed by atoms with Crippen molar-refractivity contribution in [2.75, 3.05) is 19.8 Å². The van der Waals surface area contributed by atoms with Gasteiger partial charge < -0.3 is 14.8 Å². The third-order valence-electron chi connectivity index (χ3n) is 5.68. The van der Waals surface area contributed by atoms with Gasteiger partial charge in [-0.1, -0.05) is 26.2 Å². The molecule has 3 fully saturated rings. The summed E-state index contributed by atoms with van der Waals surface area (Å²) < 4.78 is 12.0. The van der Waals surface area contributed by atoms with Crippen LogP contribution >= 0.6 is 0 Å². The lowest BCUT2D eigenvalue weighted by molar-refractivity contribution is -0.109. The highest BCUT2D eigenvalue weighted by Gasteiger charge is 2.38. The Balaban J connectivity index is 1.47. The Kier molecular flexibility index (Phi) is 5.00. The topological polar surface area (TPSA) is 30.5 Å². The van der Waals surface area contributed by atoms with Crippen LogP contribution in [0.2, 0.25) is 0 Å². The van der Waals surface area contributed by atoms with Crippen LogP contribution in [0.3, 0.4) is 0 Å². The molecule has 0 radical (unpaired) electrons. The first kappa shape index (κ1) is 14.8. The zero-order valence-electron chi connectivity index (χ0n) is 13.0. The van der Waals surface area contributed by atoms with Crippen molar-refractivity contribution in [3.05, 3.63) is 0 Å². The second kappa shape index (κ2) is 6.76. The van der Waals surface area contributed by atoms with E-state index in [1.807, 2.05) is 0 Å². The molecule has 0 bridgehead atoms. The van der Waals surface area contributed by atoms with Gasteiger partial charge in [0.05, 0.1) is 11.7 Å². The fourth-order valence-corrected chi connectivity index (χ4v) is 4.44. The van der Waals surface area contributed by atoms with Crippen LogP contribution in [0.1, 0.15) is 64.7 Å². The maximum atomic E-state index is 6.19. The number of nitrogens with one attached hydrogen (secondary N) is 1. The van der Waals surface area contributed by atoms with Crippen LogP contribution in [-0.2, 0) is 9.47 Å². The molecular weight excluding hydrogens is 250 g/mol. The first-order valence-electron chi connectivity index (χ1n) is 8.80. The third-order valence-corrected chi connectivity index (χ3v) is 5.68. The predicted molar refractivity (Wildman–Crippen MR) is 80.9 cm³/mol. The molecule has 1 saturated carbocycles. The van der Waals surface area contributed by atoms with Gasteiger partial charge in [-0.05, 0) is 44.4 Å². The molecule has 0 aromatic rings. The molecule has 3 rings (SSSR count). The fourth-order valence-electron chi connectivity index (χ4n) is 4.44. The van der Waals surface area contributed by atoms with E-state index in [0.29, 0.717) is 12.1 Å². The van der Waals surface area contributed by atoms with Crippen molar-refractivity contribution in [2.24, 2.45) is 5.92 Å². The van der Waals surface area contributed by atoms with Crippen molar-refractivity contribution in [2.45, 2.75) is 82.5 Å². The molecule has 0 aromatic carbocycles. The van der Waals surface area contributed by atoms with Crippen molar-refractivity contribution in [3.63, 3.8) is 0 Å². The minimum absolute atomic E-state index is 0.227. The van der Waals surface area contributed by atoms with E-state index < -0.39 is 0 Å². The van der Waals surface area contributed by atoms with Crippen molar-refractivity contribution in [1.29, 1.82) is 0 Å². The van der Waals surface area contributed by atoms with Crippen molar-refractivity contribution >= 4 is 0 Å². The fraction of sp³-hybridized carbons (Fsp3) is 1.00. The van der Waals surface area contributed by atoms with Crippen LogP contribution in [0, 0.1) is 5.92 Å². The molecule has 20 heavy (non-hydrogen) atoms. The van der Waals surface area contributed by atoms with Crippen molar-refractivity contribution in [3.8, 4) is 0 Å². The molecule has 0 aromatic heterocycles. The maximum Gasteiger partial charge on any atom is 0.0697 e. The molecular formula is C17H31NO2. The van der Waals surface area contributed by atoms with E-state index >= 15 is 0 Å². The van der Waals surface area contributed by atoms with E-state index in [1.165, 1.54) is 51.4 Å². The average molecular weight is 281 g/mol. The second-order valence-electron chi connectivity index (χ2n) is 7.06. The van der Waals surface area contributed by atoms with Gasteiger partial charge in [-0.3, -0.25) is 0 Å². The smallest absolute Gasteiger partial charge is 0.0697 e. The molecule has 1 spiro atoms. The standard InChI is InChI=1S/C17H31NO2/c1-2-16-14(6-10-19-16)13-18-15-7-11-20-17(12-15)8-4-3-5-9-17/h14-16,18H,2-13H2,1H3. The Labute approximate surface area is 123 Å². The van der Waals surface area contributed by atoms with Gasteiger partial charge in [0.2, 0.25) is 0 Å². The molecule has 3 unspecified atom stereocenters. The van der Waals surface area contributed by atoms with E-state index in [0.717, 1.165) is 32.1 Å². The summed E-state index contributed by atoms with van der Waals surface area (Å²) in [7, 11) is 0. The molecule has 3 aliphatic rings. The Bertz CT molecular complexity index is 296. The van der Waals surface area contributed by atoms with Gasteiger partial charge in [0.15, 0.2) is 0 Å². The SMILES string of the molecule is CCC1OCCC1CNC1CCOC2(CCCCC2)C1. The zero-order valence-corrected chi connectivity index (χ0v) is 13.0. The normalized spacial score (nSPS) is 37.4. The van der Waals surface area contributed by atoms with Gasteiger partial charge >= 0.3 is 0 Å². The summed E-state index contributed by atoms with van der Waals surface area (Å²) in [6, 6.07) is 0.667. The molecule has 1 aliphatic carbocycles. The van der Waals surface area contributed by atoms with E-state index in [2.05, 4.69) is 12.2 Å². The number of ether oxygens (including phenoxy) is 2. The van der Waals surface area contributed by atoms with Crippen LogP contribution in [0.4, 0.5) is 0 Å². The van der Waals surface area contributed by atoms with Crippen LogP contribution < -0.4 is 5.32 Å². The Morgan fingerprint density at radius 2 is 1.95 bits per heavy atom. The molecule has 116 valence electrons. The quantitative estimate of drug-likeness (QED) is 0.858. The maximum absolute atomic E-state index is 6.19. The average Bonchev–Trinajstić information content (AvgIpc) is 2.93. The highest BCUT2D eigenvalue weighted by atomic mass is 16.5.